The minimum absolute atomic E-state index is 0.00528. The van der Waals surface area contributed by atoms with Gasteiger partial charge >= 0.3 is 0 Å². The van der Waals surface area contributed by atoms with Crippen LogP contribution in [-0.4, -0.2) is 26.6 Å². The Morgan fingerprint density at radius 3 is 2.22 bits per heavy atom. The fraction of sp³-hybridized carbons (Fsp3) is 0.500. The third-order valence-corrected chi connectivity index (χ3v) is 2.90. The van der Waals surface area contributed by atoms with Crippen molar-refractivity contribution in [2.45, 2.75) is 20.3 Å². The van der Waals surface area contributed by atoms with E-state index in [1.807, 2.05) is 13.8 Å². The molecule has 0 aliphatic heterocycles. The number of ether oxygens (including phenoxy) is 3. The van der Waals surface area contributed by atoms with Crippen LogP contribution >= 0.6 is 0 Å². The minimum Gasteiger partial charge on any atom is -0.493 e. The summed E-state index contributed by atoms with van der Waals surface area (Å²) in [6, 6.07) is 5.35. The van der Waals surface area contributed by atoms with Gasteiger partial charge in [0.25, 0.3) is 0 Å². The van der Waals surface area contributed by atoms with Crippen molar-refractivity contribution < 1.29 is 19.0 Å². The van der Waals surface area contributed by atoms with Gasteiger partial charge in [0, 0.05) is 5.92 Å². The van der Waals surface area contributed by atoms with E-state index in [1.54, 1.807) is 32.4 Å². The molecule has 0 aliphatic rings. The smallest absolute Gasteiger partial charge is 0.203 e. The Labute approximate surface area is 108 Å². The number of hydrogen-bond acceptors (Lipinski definition) is 4. The van der Waals surface area contributed by atoms with Crippen LogP contribution in [0, 0.1) is 5.92 Å². The third kappa shape index (κ3) is 3.39. The second-order valence-electron chi connectivity index (χ2n) is 4.06. The normalized spacial score (nSPS) is 11.8. The van der Waals surface area contributed by atoms with Gasteiger partial charge in [-0.2, -0.15) is 0 Å². The summed E-state index contributed by atoms with van der Waals surface area (Å²) in [6.45, 7) is 3.91. The van der Waals surface area contributed by atoms with Crippen LogP contribution in [0.5, 0.6) is 17.2 Å². The fourth-order valence-corrected chi connectivity index (χ4v) is 1.47. The van der Waals surface area contributed by atoms with E-state index in [4.69, 9.17) is 14.2 Å². The molecule has 0 fully saturated rings. The van der Waals surface area contributed by atoms with E-state index in [2.05, 4.69) is 0 Å². The van der Waals surface area contributed by atoms with Gasteiger partial charge in [0.05, 0.1) is 14.2 Å². The minimum atomic E-state index is 0.00528. The number of ketones is 1. The Morgan fingerprint density at radius 1 is 1.22 bits per heavy atom. The Kier molecular flexibility index (Phi) is 5.49. The van der Waals surface area contributed by atoms with E-state index in [1.165, 1.54) is 0 Å². The number of para-hydroxylation sites is 1. The molecule has 0 amide bonds. The van der Waals surface area contributed by atoms with Crippen LogP contribution in [0.3, 0.4) is 0 Å². The number of benzene rings is 1. The summed E-state index contributed by atoms with van der Waals surface area (Å²) in [5.41, 5.74) is 0. The van der Waals surface area contributed by atoms with Crippen LogP contribution in [-0.2, 0) is 4.79 Å². The summed E-state index contributed by atoms with van der Waals surface area (Å²) in [6.07, 6.45) is 0.811. The van der Waals surface area contributed by atoms with Crippen molar-refractivity contribution in [3.63, 3.8) is 0 Å². The first-order valence-electron chi connectivity index (χ1n) is 6.00. The summed E-state index contributed by atoms with van der Waals surface area (Å²) >= 11 is 0. The van der Waals surface area contributed by atoms with Crippen LogP contribution in [0.15, 0.2) is 18.2 Å². The molecule has 0 heterocycles. The van der Waals surface area contributed by atoms with Gasteiger partial charge < -0.3 is 14.2 Å². The maximum Gasteiger partial charge on any atom is 0.203 e. The Hall–Kier alpha value is -1.71. The molecule has 4 nitrogen and oxygen atoms in total. The average Bonchev–Trinajstić information content (AvgIpc) is 2.43. The van der Waals surface area contributed by atoms with E-state index in [9.17, 15) is 4.79 Å². The van der Waals surface area contributed by atoms with Crippen molar-refractivity contribution in [2.75, 3.05) is 20.8 Å². The summed E-state index contributed by atoms with van der Waals surface area (Å²) in [5, 5.41) is 0. The topological polar surface area (TPSA) is 44.8 Å². The molecule has 1 aromatic carbocycles. The van der Waals surface area contributed by atoms with E-state index in [0.29, 0.717) is 17.2 Å². The van der Waals surface area contributed by atoms with Crippen molar-refractivity contribution >= 4 is 5.78 Å². The predicted molar refractivity (Wildman–Crippen MR) is 69.5 cm³/mol. The Balaban J connectivity index is 2.80. The highest BCUT2D eigenvalue weighted by Crippen LogP contribution is 2.36. The van der Waals surface area contributed by atoms with Gasteiger partial charge in [0.2, 0.25) is 5.75 Å². The zero-order chi connectivity index (χ0) is 13.5. The molecule has 0 radical (unpaired) electrons. The molecule has 18 heavy (non-hydrogen) atoms. The molecule has 0 spiro atoms. The number of methoxy groups -OCH3 is 2. The average molecular weight is 252 g/mol. The first-order chi connectivity index (χ1) is 8.63. The van der Waals surface area contributed by atoms with Crippen molar-refractivity contribution in [2.24, 2.45) is 5.92 Å². The van der Waals surface area contributed by atoms with Crippen molar-refractivity contribution in [1.82, 2.24) is 0 Å². The SMILES string of the molecule is CCC(C)C(=O)COc1c(OC)cccc1OC. The number of carbonyl (C=O) groups excluding carboxylic acids is 1. The molecule has 1 rings (SSSR count). The van der Waals surface area contributed by atoms with Crippen molar-refractivity contribution in [3.8, 4) is 17.2 Å². The lowest BCUT2D eigenvalue weighted by Crippen LogP contribution is -2.19. The molecule has 1 atom stereocenters. The standard InChI is InChI=1S/C14H20O4/c1-5-10(2)11(15)9-18-14-12(16-3)7-6-8-13(14)17-4/h6-8,10H,5,9H2,1-4H3. The summed E-state index contributed by atoms with van der Waals surface area (Å²) in [7, 11) is 3.11. The van der Waals surface area contributed by atoms with Gasteiger partial charge in [0.15, 0.2) is 17.3 Å². The second kappa shape index (κ2) is 6.89. The molecule has 1 aromatic rings. The van der Waals surface area contributed by atoms with Crippen LogP contribution in [0.25, 0.3) is 0 Å². The molecule has 0 aromatic heterocycles. The molecule has 0 bridgehead atoms. The molecule has 0 aliphatic carbocycles. The fourth-order valence-electron chi connectivity index (χ4n) is 1.47. The van der Waals surface area contributed by atoms with Gasteiger partial charge in [-0.3, -0.25) is 4.79 Å². The number of rotatable bonds is 7. The van der Waals surface area contributed by atoms with Gasteiger partial charge in [-0.25, -0.2) is 0 Å². The van der Waals surface area contributed by atoms with Gasteiger partial charge in [-0.15, -0.1) is 0 Å². The molecular weight excluding hydrogens is 232 g/mol. The van der Waals surface area contributed by atoms with E-state index < -0.39 is 0 Å². The predicted octanol–water partition coefficient (Wildman–Crippen LogP) is 2.70. The molecule has 0 saturated heterocycles. The lowest BCUT2D eigenvalue weighted by atomic mass is 10.0. The number of Topliss-reactive ketones (excluding diaryl/α,β-unsaturated/α-hetero) is 1. The molecule has 0 saturated carbocycles. The van der Waals surface area contributed by atoms with Crippen LogP contribution in [0.1, 0.15) is 20.3 Å². The maximum absolute atomic E-state index is 11.7. The molecule has 100 valence electrons. The monoisotopic (exact) mass is 252 g/mol. The van der Waals surface area contributed by atoms with Crippen molar-refractivity contribution in [3.05, 3.63) is 18.2 Å². The highest BCUT2D eigenvalue weighted by molar-refractivity contribution is 5.82. The largest absolute Gasteiger partial charge is 0.493 e. The molecule has 0 N–H and O–H groups in total. The van der Waals surface area contributed by atoms with Gasteiger partial charge in [-0.05, 0) is 18.6 Å². The molecular formula is C14H20O4. The lowest BCUT2D eigenvalue weighted by Gasteiger charge is -2.14. The van der Waals surface area contributed by atoms with E-state index >= 15 is 0 Å². The van der Waals surface area contributed by atoms with E-state index in [0.717, 1.165) is 6.42 Å². The summed E-state index contributed by atoms with van der Waals surface area (Å²) in [5.74, 6) is 1.67. The number of carbonyl (C=O) groups is 1. The van der Waals surface area contributed by atoms with Gasteiger partial charge in [-0.1, -0.05) is 19.9 Å². The lowest BCUT2D eigenvalue weighted by molar-refractivity contribution is -0.124. The van der Waals surface area contributed by atoms with Crippen LogP contribution < -0.4 is 14.2 Å². The second-order valence-corrected chi connectivity index (χ2v) is 4.06. The van der Waals surface area contributed by atoms with Crippen LogP contribution in [0.2, 0.25) is 0 Å². The first-order valence-corrected chi connectivity index (χ1v) is 6.00. The van der Waals surface area contributed by atoms with Gasteiger partial charge in [0.1, 0.15) is 6.61 Å². The molecule has 4 heteroatoms. The first kappa shape index (κ1) is 14.4. The summed E-state index contributed by atoms with van der Waals surface area (Å²) < 4.78 is 15.9. The Morgan fingerprint density at radius 2 is 1.78 bits per heavy atom. The zero-order valence-electron chi connectivity index (χ0n) is 11.4. The van der Waals surface area contributed by atoms with E-state index in [-0.39, 0.29) is 18.3 Å². The Bertz CT molecular complexity index is 379. The maximum atomic E-state index is 11.7. The quantitative estimate of drug-likeness (QED) is 0.748. The summed E-state index contributed by atoms with van der Waals surface area (Å²) in [4.78, 5) is 11.7. The third-order valence-electron chi connectivity index (χ3n) is 2.90. The highest BCUT2D eigenvalue weighted by Gasteiger charge is 2.15. The van der Waals surface area contributed by atoms with Crippen LogP contribution in [0.4, 0.5) is 0 Å². The zero-order valence-corrected chi connectivity index (χ0v) is 11.4. The van der Waals surface area contributed by atoms with Crippen molar-refractivity contribution in [1.29, 1.82) is 0 Å². The molecule has 1 unspecified atom stereocenters. The highest BCUT2D eigenvalue weighted by atomic mass is 16.5. The number of hydrogen-bond donors (Lipinski definition) is 0.